The Kier molecular flexibility index (Phi) is 7.13. The molecule has 4 aromatic rings. The van der Waals surface area contributed by atoms with Crippen LogP contribution in [-0.2, 0) is 9.53 Å². The fraction of sp³-hybridized carbons (Fsp3) is 0.355. The summed E-state index contributed by atoms with van der Waals surface area (Å²) in [4.78, 5) is 32.6. The maximum absolute atomic E-state index is 16.2. The van der Waals surface area contributed by atoms with Crippen LogP contribution in [0, 0.1) is 5.82 Å². The van der Waals surface area contributed by atoms with Crippen LogP contribution < -0.4 is 9.64 Å². The molecule has 7 rings (SSSR count). The molecule has 1 aliphatic carbocycles. The number of carbonyl (C=O) groups is 1. The van der Waals surface area contributed by atoms with E-state index in [2.05, 4.69) is 19.9 Å². The number of methoxy groups -OCH3 is 1. The largest absolute Gasteiger partial charge is 0.467 e. The summed E-state index contributed by atoms with van der Waals surface area (Å²) in [6.45, 7) is 4.51. The van der Waals surface area contributed by atoms with E-state index in [9.17, 15) is 4.79 Å². The summed E-state index contributed by atoms with van der Waals surface area (Å²) in [5, 5.41) is 2.62. The lowest BCUT2D eigenvalue weighted by atomic mass is 10.0. The Balaban J connectivity index is 1.12. The van der Waals surface area contributed by atoms with Crippen LogP contribution in [0.25, 0.3) is 32.9 Å². The minimum Gasteiger partial charge on any atom is -0.467 e. The third-order valence-corrected chi connectivity index (χ3v) is 8.62. The van der Waals surface area contributed by atoms with Crippen LogP contribution in [0.2, 0.25) is 5.02 Å². The van der Waals surface area contributed by atoms with E-state index >= 15 is 4.39 Å². The molecule has 2 unspecified atom stereocenters. The molecule has 3 fully saturated rings. The second-order valence-electron chi connectivity index (χ2n) is 10.8. The normalized spacial score (nSPS) is 20.8. The fourth-order valence-electron chi connectivity index (χ4n) is 6.00. The highest BCUT2D eigenvalue weighted by Crippen LogP contribution is 2.37. The number of rotatable bonds is 6. The first-order valence-corrected chi connectivity index (χ1v) is 14.5. The Labute approximate surface area is 247 Å². The third kappa shape index (κ3) is 4.93. The highest BCUT2D eigenvalue weighted by molar-refractivity contribution is 6.36. The van der Waals surface area contributed by atoms with Gasteiger partial charge in [0.05, 0.1) is 25.2 Å². The minimum atomic E-state index is -0.571. The summed E-state index contributed by atoms with van der Waals surface area (Å²) in [6.07, 6.45) is 6.69. The number of nitrogens with zero attached hydrogens (tertiary/aromatic N) is 6. The molecule has 0 radical (unpaired) electrons. The van der Waals surface area contributed by atoms with E-state index in [1.165, 1.54) is 7.11 Å². The molecule has 42 heavy (non-hydrogen) atoms. The highest BCUT2D eigenvalue weighted by Gasteiger charge is 2.45. The number of pyridine rings is 1. The van der Waals surface area contributed by atoms with Crippen LogP contribution in [0.4, 0.5) is 10.2 Å². The summed E-state index contributed by atoms with van der Waals surface area (Å²) >= 11 is 6.52. The van der Waals surface area contributed by atoms with Crippen LogP contribution in [0.3, 0.4) is 0 Å². The molecule has 216 valence electrons. The molecule has 0 spiro atoms. The lowest BCUT2D eigenvalue weighted by molar-refractivity contribution is -0.126. The van der Waals surface area contributed by atoms with Gasteiger partial charge in [-0.05, 0) is 17.9 Å². The third-order valence-electron chi connectivity index (χ3n) is 8.31. The van der Waals surface area contributed by atoms with Crippen molar-refractivity contribution in [3.05, 3.63) is 65.6 Å². The van der Waals surface area contributed by atoms with E-state index in [4.69, 9.17) is 21.1 Å². The average molecular weight is 589 g/mol. The summed E-state index contributed by atoms with van der Waals surface area (Å²) in [6, 6.07) is 11.7. The molecule has 1 amide bonds. The van der Waals surface area contributed by atoms with Crippen molar-refractivity contribution in [1.82, 2.24) is 24.8 Å². The zero-order valence-electron chi connectivity index (χ0n) is 23.2. The first kappa shape index (κ1) is 27.0. The van der Waals surface area contributed by atoms with E-state index in [0.29, 0.717) is 60.1 Å². The number of piperazine rings is 1. The van der Waals surface area contributed by atoms with Crippen molar-refractivity contribution >= 4 is 45.0 Å². The van der Waals surface area contributed by atoms with Gasteiger partial charge in [0, 0.05) is 73.6 Å². The zero-order chi connectivity index (χ0) is 28.8. The second kappa shape index (κ2) is 11.1. The van der Waals surface area contributed by atoms with Crippen molar-refractivity contribution in [1.29, 1.82) is 0 Å². The predicted molar refractivity (Wildman–Crippen MR) is 159 cm³/mol. The SMILES string of the molecule is COc1nc(N2CCN(C(=O)/C=C/CN3CCOC4CC43)CC2)c2cnc(-c3cccc4cccc(Cl)c34)c(F)c2n1. The van der Waals surface area contributed by atoms with Gasteiger partial charge in [-0.2, -0.15) is 9.97 Å². The number of aromatic nitrogens is 3. The van der Waals surface area contributed by atoms with Crippen molar-refractivity contribution in [3.8, 4) is 17.3 Å². The molecule has 9 nitrogen and oxygen atoms in total. The minimum absolute atomic E-state index is 0.00789. The van der Waals surface area contributed by atoms with Crippen LogP contribution in [-0.4, -0.2) is 95.8 Å². The van der Waals surface area contributed by atoms with Crippen molar-refractivity contribution < 1.29 is 18.7 Å². The Hall–Kier alpha value is -3.86. The Morgan fingerprint density at radius 2 is 1.95 bits per heavy atom. The number of fused-ring (bicyclic) bond motifs is 3. The fourth-order valence-corrected chi connectivity index (χ4v) is 6.29. The van der Waals surface area contributed by atoms with Gasteiger partial charge in [-0.25, -0.2) is 4.39 Å². The van der Waals surface area contributed by atoms with Gasteiger partial charge in [0.1, 0.15) is 17.0 Å². The number of halogens is 2. The molecule has 0 bridgehead atoms. The Bertz CT molecular complexity index is 1700. The Morgan fingerprint density at radius 3 is 2.76 bits per heavy atom. The number of hydrogen-bond donors (Lipinski definition) is 0. The predicted octanol–water partition coefficient (Wildman–Crippen LogP) is 4.32. The number of ether oxygens (including phenoxy) is 2. The van der Waals surface area contributed by atoms with Crippen LogP contribution in [0.15, 0.2) is 54.7 Å². The second-order valence-corrected chi connectivity index (χ2v) is 11.2. The van der Waals surface area contributed by atoms with E-state index in [1.54, 1.807) is 24.4 Å². The number of anilines is 1. The molecular weight excluding hydrogens is 559 g/mol. The summed E-state index contributed by atoms with van der Waals surface area (Å²) in [7, 11) is 1.46. The molecule has 3 aliphatic rings. The zero-order valence-corrected chi connectivity index (χ0v) is 23.9. The van der Waals surface area contributed by atoms with E-state index in [-0.39, 0.29) is 23.1 Å². The average Bonchev–Trinajstić information content (AvgIpc) is 3.82. The lowest BCUT2D eigenvalue weighted by Crippen LogP contribution is -2.48. The van der Waals surface area contributed by atoms with E-state index < -0.39 is 5.82 Å². The summed E-state index contributed by atoms with van der Waals surface area (Å²) in [5.74, 6) is -0.0511. The molecule has 2 saturated heterocycles. The maximum Gasteiger partial charge on any atom is 0.318 e. The summed E-state index contributed by atoms with van der Waals surface area (Å²) in [5.41, 5.74) is 0.861. The van der Waals surface area contributed by atoms with Gasteiger partial charge in [0.15, 0.2) is 5.82 Å². The number of morpholine rings is 1. The molecule has 11 heteroatoms. The summed E-state index contributed by atoms with van der Waals surface area (Å²) < 4.78 is 27.2. The topological polar surface area (TPSA) is 83.9 Å². The lowest BCUT2D eigenvalue weighted by Gasteiger charge is -2.35. The van der Waals surface area contributed by atoms with Crippen molar-refractivity contribution in [3.63, 3.8) is 0 Å². The van der Waals surface area contributed by atoms with Crippen molar-refractivity contribution in [2.24, 2.45) is 0 Å². The molecule has 2 aliphatic heterocycles. The first-order chi connectivity index (χ1) is 20.5. The molecule has 2 atom stereocenters. The van der Waals surface area contributed by atoms with Gasteiger partial charge in [-0.15, -0.1) is 0 Å². The maximum atomic E-state index is 16.2. The van der Waals surface area contributed by atoms with Crippen LogP contribution in [0.5, 0.6) is 6.01 Å². The van der Waals surface area contributed by atoms with Crippen molar-refractivity contribution in [2.75, 3.05) is 57.9 Å². The number of benzene rings is 2. The quantitative estimate of drug-likeness (QED) is 0.308. The van der Waals surface area contributed by atoms with E-state index in [1.807, 2.05) is 40.1 Å². The number of amides is 1. The monoisotopic (exact) mass is 588 g/mol. The van der Waals surface area contributed by atoms with Crippen molar-refractivity contribution in [2.45, 2.75) is 18.6 Å². The number of hydrogen-bond acceptors (Lipinski definition) is 8. The Morgan fingerprint density at radius 1 is 1.14 bits per heavy atom. The highest BCUT2D eigenvalue weighted by atomic mass is 35.5. The molecule has 2 aromatic carbocycles. The van der Waals surface area contributed by atoms with Gasteiger partial charge in [-0.3, -0.25) is 14.7 Å². The first-order valence-electron chi connectivity index (χ1n) is 14.2. The smallest absolute Gasteiger partial charge is 0.318 e. The van der Waals surface area contributed by atoms with Crippen LogP contribution >= 0.6 is 11.6 Å². The van der Waals surface area contributed by atoms with Gasteiger partial charge >= 0.3 is 6.01 Å². The van der Waals surface area contributed by atoms with Gasteiger partial charge in [-0.1, -0.05) is 48.0 Å². The molecular formula is C31H30ClFN6O3. The molecule has 2 aromatic heterocycles. The number of carbonyl (C=O) groups excluding carboxylic acids is 1. The van der Waals surface area contributed by atoms with E-state index in [0.717, 1.165) is 36.9 Å². The molecule has 0 N–H and O–H groups in total. The standard InChI is InChI=1S/C31H30ClFN6O3/c1-41-31-35-29-21(18-34-28(27(29)33)20-7-2-5-19-6-3-8-22(32)26(19)20)30(36-31)39-13-11-38(12-14-39)25(40)9-4-10-37-15-16-42-24-17-23(24)37/h2-9,18,23-24H,10-17H2,1H3/b9-4+. The van der Waals surface area contributed by atoms with Gasteiger partial charge < -0.3 is 19.3 Å². The van der Waals surface area contributed by atoms with Gasteiger partial charge in [0.2, 0.25) is 5.91 Å². The van der Waals surface area contributed by atoms with Crippen LogP contribution in [0.1, 0.15) is 6.42 Å². The van der Waals surface area contributed by atoms with Gasteiger partial charge in [0.25, 0.3) is 0 Å². The molecule has 4 heterocycles. The molecule has 1 saturated carbocycles.